The predicted octanol–water partition coefficient (Wildman–Crippen LogP) is 3.20. The predicted molar refractivity (Wildman–Crippen MR) is 82.4 cm³/mol. The number of benzene rings is 1. The van der Waals surface area contributed by atoms with E-state index in [9.17, 15) is 0 Å². The largest absolute Gasteiger partial charge is 0.493 e. The zero-order chi connectivity index (χ0) is 14.4. The molecule has 0 aromatic heterocycles. The number of nitrogens with one attached hydrogen (secondary N) is 1. The second-order valence-corrected chi connectivity index (χ2v) is 5.79. The van der Waals surface area contributed by atoms with E-state index in [4.69, 9.17) is 9.47 Å². The second-order valence-electron chi connectivity index (χ2n) is 5.79. The van der Waals surface area contributed by atoms with Gasteiger partial charge in [-0.25, -0.2) is 0 Å². The molecule has 0 bridgehead atoms. The van der Waals surface area contributed by atoms with Gasteiger partial charge in [-0.05, 0) is 30.9 Å². The van der Waals surface area contributed by atoms with Crippen LogP contribution in [-0.2, 0) is 4.74 Å². The Bertz CT molecular complexity index is 406. The Balaban J connectivity index is 1.93. The highest BCUT2D eigenvalue weighted by atomic mass is 16.5. The topological polar surface area (TPSA) is 30.5 Å². The van der Waals surface area contributed by atoms with E-state index in [2.05, 4.69) is 37.4 Å². The van der Waals surface area contributed by atoms with E-state index in [0.29, 0.717) is 17.9 Å². The smallest absolute Gasteiger partial charge is 0.122 e. The minimum Gasteiger partial charge on any atom is -0.493 e. The Kier molecular flexibility index (Phi) is 5.86. The molecule has 3 nitrogen and oxygen atoms in total. The summed E-state index contributed by atoms with van der Waals surface area (Å²) in [6.45, 7) is 9.93. The summed E-state index contributed by atoms with van der Waals surface area (Å²) < 4.78 is 11.3. The van der Waals surface area contributed by atoms with Crippen LogP contribution in [0.25, 0.3) is 0 Å². The van der Waals surface area contributed by atoms with Gasteiger partial charge in [-0.3, -0.25) is 0 Å². The van der Waals surface area contributed by atoms with Crippen molar-refractivity contribution in [3.05, 3.63) is 29.8 Å². The van der Waals surface area contributed by atoms with Crippen LogP contribution in [0.1, 0.15) is 38.7 Å². The first kappa shape index (κ1) is 15.3. The number of rotatable bonds is 7. The van der Waals surface area contributed by atoms with Crippen LogP contribution in [0.3, 0.4) is 0 Å². The second kappa shape index (κ2) is 7.65. The molecule has 1 heterocycles. The van der Waals surface area contributed by atoms with E-state index in [1.165, 1.54) is 5.56 Å². The highest BCUT2D eigenvalue weighted by molar-refractivity contribution is 5.37. The molecule has 1 aromatic rings. The fraction of sp³-hybridized carbons (Fsp3) is 0.647. The van der Waals surface area contributed by atoms with E-state index >= 15 is 0 Å². The van der Waals surface area contributed by atoms with Crippen LogP contribution in [0.4, 0.5) is 0 Å². The van der Waals surface area contributed by atoms with Gasteiger partial charge < -0.3 is 14.8 Å². The normalized spacial score (nSPS) is 19.5. The molecule has 0 fully saturated rings. The minimum absolute atomic E-state index is 0.421. The van der Waals surface area contributed by atoms with Crippen LogP contribution in [0.15, 0.2) is 24.3 Å². The van der Waals surface area contributed by atoms with Gasteiger partial charge in [0, 0.05) is 25.1 Å². The third-order valence-electron chi connectivity index (χ3n) is 4.02. The first-order valence-corrected chi connectivity index (χ1v) is 7.75. The molecular formula is C17H27NO2. The number of hydrogen-bond acceptors (Lipinski definition) is 3. The third kappa shape index (κ3) is 3.97. The third-order valence-corrected chi connectivity index (χ3v) is 4.02. The highest BCUT2D eigenvalue weighted by Crippen LogP contribution is 2.32. The van der Waals surface area contributed by atoms with E-state index < -0.39 is 0 Å². The van der Waals surface area contributed by atoms with Crippen molar-refractivity contribution in [1.82, 2.24) is 5.32 Å². The Morgan fingerprint density at radius 3 is 2.90 bits per heavy atom. The minimum atomic E-state index is 0.421. The average Bonchev–Trinajstić information content (AvgIpc) is 2.47. The highest BCUT2D eigenvalue weighted by Gasteiger charge is 2.22. The first-order valence-electron chi connectivity index (χ1n) is 7.75. The van der Waals surface area contributed by atoms with E-state index in [0.717, 1.165) is 38.5 Å². The van der Waals surface area contributed by atoms with Crippen LogP contribution in [0.2, 0.25) is 0 Å². The number of fused-ring (bicyclic) bond motifs is 1. The molecule has 2 atom stereocenters. The van der Waals surface area contributed by atoms with Crippen LogP contribution in [0.5, 0.6) is 5.75 Å². The van der Waals surface area contributed by atoms with Crippen molar-refractivity contribution >= 4 is 0 Å². The Labute approximate surface area is 122 Å². The van der Waals surface area contributed by atoms with Crippen molar-refractivity contribution in [2.24, 2.45) is 5.92 Å². The zero-order valence-corrected chi connectivity index (χ0v) is 12.9. The molecule has 0 aliphatic carbocycles. The molecule has 1 aliphatic rings. The molecule has 0 saturated heterocycles. The van der Waals surface area contributed by atoms with Crippen LogP contribution in [-0.4, -0.2) is 32.4 Å². The molecule has 1 N–H and O–H groups in total. The zero-order valence-electron chi connectivity index (χ0n) is 12.9. The van der Waals surface area contributed by atoms with Crippen molar-refractivity contribution < 1.29 is 9.47 Å². The molecule has 2 unspecified atom stereocenters. The summed E-state index contributed by atoms with van der Waals surface area (Å²) in [6.07, 6.45) is 1.09. The molecular weight excluding hydrogens is 250 g/mol. The van der Waals surface area contributed by atoms with Crippen LogP contribution in [0, 0.1) is 5.92 Å². The molecule has 0 saturated carbocycles. The Morgan fingerprint density at radius 1 is 1.35 bits per heavy atom. The first-order chi connectivity index (χ1) is 9.72. The monoisotopic (exact) mass is 277 g/mol. The fourth-order valence-corrected chi connectivity index (χ4v) is 2.65. The summed E-state index contributed by atoms with van der Waals surface area (Å²) in [5.41, 5.74) is 1.34. The van der Waals surface area contributed by atoms with Crippen molar-refractivity contribution in [3.63, 3.8) is 0 Å². The van der Waals surface area contributed by atoms with Gasteiger partial charge in [-0.2, -0.15) is 0 Å². The fourth-order valence-electron chi connectivity index (χ4n) is 2.65. The van der Waals surface area contributed by atoms with Gasteiger partial charge in [0.05, 0.1) is 13.2 Å². The SMILES string of the molecule is CCOCC(NCC1CCOc2ccccc21)C(C)C. The maximum atomic E-state index is 5.72. The number of para-hydroxylation sites is 1. The summed E-state index contributed by atoms with van der Waals surface area (Å²) in [5, 5.41) is 3.68. The van der Waals surface area contributed by atoms with Gasteiger partial charge in [-0.15, -0.1) is 0 Å². The molecule has 1 aliphatic heterocycles. The molecule has 112 valence electrons. The van der Waals surface area contributed by atoms with E-state index in [1.807, 2.05) is 13.0 Å². The lowest BCUT2D eigenvalue weighted by Crippen LogP contribution is -2.40. The summed E-state index contributed by atoms with van der Waals surface area (Å²) in [7, 11) is 0. The average molecular weight is 277 g/mol. The molecule has 20 heavy (non-hydrogen) atoms. The van der Waals surface area contributed by atoms with E-state index in [1.54, 1.807) is 0 Å². The molecule has 1 aromatic carbocycles. The van der Waals surface area contributed by atoms with E-state index in [-0.39, 0.29) is 0 Å². The summed E-state index contributed by atoms with van der Waals surface area (Å²) >= 11 is 0. The molecule has 0 radical (unpaired) electrons. The van der Waals surface area contributed by atoms with Gasteiger partial charge in [-0.1, -0.05) is 32.0 Å². The molecule has 3 heteroatoms. The van der Waals surface area contributed by atoms with Crippen molar-refractivity contribution in [2.75, 3.05) is 26.4 Å². The molecule has 2 rings (SSSR count). The molecule has 0 spiro atoms. The molecule has 0 amide bonds. The lowest BCUT2D eigenvalue weighted by atomic mass is 9.92. The van der Waals surface area contributed by atoms with Gasteiger partial charge >= 0.3 is 0 Å². The van der Waals surface area contributed by atoms with Crippen molar-refractivity contribution in [1.29, 1.82) is 0 Å². The van der Waals surface area contributed by atoms with Crippen molar-refractivity contribution in [3.8, 4) is 5.75 Å². The van der Waals surface area contributed by atoms with Gasteiger partial charge in [0.15, 0.2) is 0 Å². The van der Waals surface area contributed by atoms with Gasteiger partial charge in [0.25, 0.3) is 0 Å². The summed E-state index contributed by atoms with van der Waals surface area (Å²) in [4.78, 5) is 0. The quantitative estimate of drug-likeness (QED) is 0.830. The van der Waals surface area contributed by atoms with Crippen LogP contribution < -0.4 is 10.1 Å². The standard InChI is InChI=1S/C17H27NO2/c1-4-19-12-16(13(2)3)18-11-14-9-10-20-17-8-6-5-7-15(14)17/h5-8,13-14,16,18H,4,9-12H2,1-3H3. The lowest BCUT2D eigenvalue weighted by Gasteiger charge is -2.29. The van der Waals surface area contributed by atoms with Gasteiger partial charge in [0.1, 0.15) is 5.75 Å². The Morgan fingerprint density at radius 2 is 2.15 bits per heavy atom. The maximum Gasteiger partial charge on any atom is 0.122 e. The maximum absolute atomic E-state index is 5.72. The van der Waals surface area contributed by atoms with Crippen molar-refractivity contribution in [2.45, 2.75) is 39.2 Å². The lowest BCUT2D eigenvalue weighted by molar-refractivity contribution is 0.107. The Hall–Kier alpha value is -1.06. The van der Waals surface area contributed by atoms with Gasteiger partial charge in [0.2, 0.25) is 0 Å². The number of hydrogen-bond donors (Lipinski definition) is 1. The van der Waals surface area contributed by atoms with Crippen LogP contribution >= 0.6 is 0 Å². The number of ether oxygens (including phenoxy) is 2. The summed E-state index contributed by atoms with van der Waals surface area (Å²) in [5.74, 6) is 2.18. The summed E-state index contributed by atoms with van der Waals surface area (Å²) in [6, 6.07) is 8.82.